The molecule has 1 fully saturated rings. The second-order valence-corrected chi connectivity index (χ2v) is 6.01. The number of ether oxygens (including phenoxy) is 3. The van der Waals surface area contributed by atoms with Crippen LogP contribution in [-0.2, 0) is 4.79 Å². The first kappa shape index (κ1) is 19.3. The fraction of sp³-hybridized carbons (Fsp3) is 0.611. The highest BCUT2D eigenvalue weighted by molar-refractivity contribution is 5.91. The van der Waals surface area contributed by atoms with E-state index in [1.807, 2.05) is 0 Å². The first-order valence-electron chi connectivity index (χ1n) is 8.71. The van der Waals surface area contributed by atoms with Crippen molar-refractivity contribution in [3.8, 4) is 17.2 Å². The maximum atomic E-state index is 12.2. The third-order valence-electron chi connectivity index (χ3n) is 4.26. The van der Waals surface area contributed by atoms with Crippen molar-refractivity contribution in [2.75, 3.05) is 59.4 Å². The molecule has 1 aromatic rings. The molecule has 0 radical (unpaired) electrons. The van der Waals surface area contributed by atoms with Crippen molar-refractivity contribution in [3.63, 3.8) is 0 Å². The lowest BCUT2D eigenvalue weighted by atomic mass is 10.2. The highest BCUT2D eigenvalue weighted by Crippen LogP contribution is 2.39. The van der Waals surface area contributed by atoms with E-state index in [0.29, 0.717) is 29.4 Å². The SMILES string of the molecule is COc1cc(NC(=O)CCCN2CCCNCC2)cc(OC)c1OC. The van der Waals surface area contributed by atoms with Crippen molar-refractivity contribution < 1.29 is 19.0 Å². The summed E-state index contributed by atoms with van der Waals surface area (Å²) in [6.45, 7) is 5.20. The summed E-state index contributed by atoms with van der Waals surface area (Å²) in [6, 6.07) is 3.47. The molecule has 25 heavy (non-hydrogen) atoms. The van der Waals surface area contributed by atoms with Crippen LogP contribution in [0, 0.1) is 0 Å². The van der Waals surface area contributed by atoms with Crippen molar-refractivity contribution in [1.82, 2.24) is 10.2 Å². The van der Waals surface area contributed by atoms with Crippen LogP contribution >= 0.6 is 0 Å². The molecule has 0 aromatic heterocycles. The first-order valence-corrected chi connectivity index (χ1v) is 8.71. The maximum Gasteiger partial charge on any atom is 0.224 e. The Morgan fingerprint density at radius 3 is 2.48 bits per heavy atom. The van der Waals surface area contributed by atoms with Crippen molar-refractivity contribution in [3.05, 3.63) is 12.1 Å². The first-order chi connectivity index (χ1) is 12.2. The number of methoxy groups -OCH3 is 3. The summed E-state index contributed by atoms with van der Waals surface area (Å²) < 4.78 is 15.9. The number of carbonyl (C=O) groups is 1. The number of hydrogen-bond donors (Lipinski definition) is 2. The molecule has 0 spiro atoms. The van der Waals surface area contributed by atoms with Gasteiger partial charge in [0.15, 0.2) is 11.5 Å². The van der Waals surface area contributed by atoms with Crippen LogP contribution < -0.4 is 24.8 Å². The summed E-state index contributed by atoms with van der Waals surface area (Å²) >= 11 is 0. The van der Waals surface area contributed by atoms with Gasteiger partial charge < -0.3 is 29.7 Å². The molecular formula is C18H29N3O4. The van der Waals surface area contributed by atoms with Gasteiger partial charge in [0.2, 0.25) is 11.7 Å². The number of nitrogens with one attached hydrogen (secondary N) is 2. The Morgan fingerprint density at radius 1 is 1.12 bits per heavy atom. The molecule has 7 heteroatoms. The molecule has 1 amide bonds. The molecule has 2 rings (SSSR count). The van der Waals surface area contributed by atoms with Crippen LogP contribution in [0.1, 0.15) is 19.3 Å². The number of rotatable bonds is 8. The van der Waals surface area contributed by atoms with Gasteiger partial charge in [-0.05, 0) is 32.5 Å². The van der Waals surface area contributed by atoms with Gasteiger partial charge in [0.1, 0.15) is 0 Å². The van der Waals surface area contributed by atoms with Crippen LogP contribution in [0.25, 0.3) is 0 Å². The van der Waals surface area contributed by atoms with Crippen molar-refractivity contribution in [1.29, 1.82) is 0 Å². The smallest absolute Gasteiger partial charge is 0.224 e. The molecule has 0 saturated carbocycles. The number of nitrogens with zero attached hydrogens (tertiary/aromatic N) is 1. The Kier molecular flexibility index (Phi) is 7.81. The fourth-order valence-electron chi connectivity index (χ4n) is 2.97. The summed E-state index contributed by atoms with van der Waals surface area (Å²) in [5.41, 5.74) is 0.637. The van der Waals surface area contributed by atoms with Gasteiger partial charge in [-0.3, -0.25) is 4.79 Å². The summed E-state index contributed by atoms with van der Waals surface area (Å²) in [4.78, 5) is 14.6. The highest BCUT2D eigenvalue weighted by atomic mass is 16.5. The van der Waals surface area contributed by atoms with Gasteiger partial charge in [-0.2, -0.15) is 0 Å². The van der Waals surface area contributed by atoms with E-state index in [-0.39, 0.29) is 5.91 Å². The van der Waals surface area contributed by atoms with Gasteiger partial charge in [-0.15, -0.1) is 0 Å². The largest absolute Gasteiger partial charge is 0.493 e. The number of carbonyl (C=O) groups excluding carboxylic acids is 1. The minimum atomic E-state index is -0.0118. The van der Waals surface area contributed by atoms with Gasteiger partial charge in [-0.1, -0.05) is 0 Å². The molecular weight excluding hydrogens is 322 g/mol. The average Bonchev–Trinajstić information content (AvgIpc) is 2.89. The summed E-state index contributed by atoms with van der Waals surface area (Å²) in [7, 11) is 4.66. The zero-order valence-corrected chi connectivity index (χ0v) is 15.4. The van der Waals surface area contributed by atoms with E-state index in [0.717, 1.165) is 45.6 Å². The van der Waals surface area contributed by atoms with E-state index in [1.165, 1.54) is 0 Å². The van der Waals surface area contributed by atoms with E-state index in [9.17, 15) is 4.79 Å². The summed E-state index contributed by atoms with van der Waals surface area (Å²) in [5, 5.41) is 6.29. The van der Waals surface area contributed by atoms with Crippen LogP contribution in [0.2, 0.25) is 0 Å². The molecule has 0 bridgehead atoms. The van der Waals surface area contributed by atoms with E-state index < -0.39 is 0 Å². The Balaban J connectivity index is 1.87. The highest BCUT2D eigenvalue weighted by Gasteiger charge is 2.15. The van der Waals surface area contributed by atoms with E-state index in [2.05, 4.69) is 15.5 Å². The molecule has 0 atom stereocenters. The molecule has 1 aromatic carbocycles. The average molecular weight is 351 g/mol. The van der Waals surface area contributed by atoms with Gasteiger partial charge >= 0.3 is 0 Å². The zero-order valence-electron chi connectivity index (χ0n) is 15.4. The van der Waals surface area contributed by atoms with Gasteiger partial charge in [-0.25, -0.2) is 0 Å². The molecule has 1 heterocycles. The second kappa shape index (κ2) is 10.1. The summed E-state index contributed by atoms with van der Waals surface area (Å²) in [5.74, 6) is 1.54. The summed E-state index contributed by atoms with van der Waals surface area (Å²) in [6.07, 6.45) is 2.49. The monoisotopic (exact) mass is 351 g/mol. The topological polar surface area (TPSA) is 72.1 Å². The van der Waals surface area contributed by atoms with E-state index in [4.69, 9.17) is 14.2 Å². The molecule has 0 unspecified atom stereocenters. The molecule has 2 N–H and O–H groups in total. The molecule has 0 aliphatic carbocycles. The molecule has 140 valence electrons. The fourth-order valence-corrected chi connectivity index (χ4v) is 2.97. The minimum Gasteiger partial charge on any atom is -0.493 e. The third-order valence-corrected chi connectivity index (χ3v) is 4.26. The predicted molar refractivity (Wildman–Crippen MR) is 97.9 cm³/mol. The van der Waals surface area contributed by atoms with Crippen LogP contribution in [0.5, 0.6) is 17.2 Å². The number of amides is 1. The van der Waals surface area contributed by atoms with Gasteiger partial charge in [0.25, 0.3) is 0 Å². The predicted octanol–water partition coefficient (Wildman–Crippen LogP) is 1.73. The normalized spacial score (nSPS) is 15.3. The molecule has 1 saturated heterocycles. The van der Waals surface area contributed by atoms with Crippen molar-refractivity contribution in [2.24, 2.45) is 0 Å². The maximum absolute atomic E-state index is 12.2. The number of hydrogen-bond acceptors (Lipinski definition) is 6. The van der Waals surface area contributed by atoms with Crippen LogP contribution in [-0.4, -0.2) is 64.9 Å². The minimum absolute atomic E-state index is 0.0118. The Morgan fingerprint density at radius 2 is 1.84 bits per heavy atom. The van der Waals surface area contributed by atoms with Gasteiger partial charge in [0, 0.05) is 37.3 Å². The Bertz CT molecular complexity index is 532. The Hall–Kier alpha value is -1.99. The number of anilines is 1. The van der Waals surface area contributed by atoms with Crippen LogP contribution in [0.3, 0.4) is 0 Å². The zero-order chi connectivity index (χ0) is 18.1. The third kappa shape index (κ3) is 5.79. The molecule has 1 aliphatic heterocycles. The lowest BCUT2D eigenvalue weighted by Gasteiger charge is -2.19. The lowest BCUT2D eigenvalue weighted by Crippen LogP contribution is -2.29. The molecule has 7 nitrogen and oxygen atoms in total. The van der Waals surface area contributed by atoms with Gasteiger partial charge in [0.05, 0.1) is 21.3 Å². The van der Waals surface area contributed by atoms with Crippen LogP contribution in [0.15, 0.2) is 12.1 Å². The van der Waals surface area contributed by atoms with Crippen molar-refractivity contribution >= 4 is 11.6 Å². The standard InChI is InChI=1S/C18H29N3O4/c1-23-15-12-14(13-16(24-2)18(15)25-3)20-17(22)6-4-9-21-10-5-7-19-8-11-21/h12-13,19H,4-11H2,1-3H3,(H,20,22). The lowest BCUT2D eigenvalue weighted by molar-refractivity contribution is -0.116. The second-order valence-electron chi connectivity index (χ2n) is 6.01. The quantitative estimate of drug-likeness (QED) is 0.743. The Labute approximate surface area is 149 Å². The van der Waals surface area contributed by atoms with Crippen LogP contribution in [0.4, 0.5) is 5.69 Å². The van der Waals surface area contributed by atoms with E-state index in [1.54, 1.807) is 33.5 Å². The van der Waals surface area contributed by atoms with E-state index >= 15 is 0 Å². The number of benzene rings is 1. The van der Waals surface area contributed by atoms with Crippen molar-refractivity contribution in [2.45, 2.75) is 19.3 Å². The molecule has 1 aliphatic rings.